The Kier molecular flexibility index (Phi) is 27.2. The van der Waals surface area contributed by atoms with E-state index in [1.54, 1.807) is 11.8 Å². The first kappa shape index (κ1) is 32.2. The third-order valence-corrected chi connectivity index (χ3v) is 5.97. The number of amides is 1. The average Bonchev–Trinajstić information content (AvgIpc) is 2.70. The number of carboxylic acid groups (broad SMARTS) is 1. The standard InChI is InChI=1S/C24H45NO3S.Na/c1-3-5-6-7-8-9-10-11-12-13-14-15-16-17-18-19-23(26)25-22(24(27)28)20-21-29-4-2;/h11-12,22H,3-10,13-21H2,1-2H3,(H,25,26)(H,27,28);/q;+1/p-1/b12-11-;/t22-;/m0./s1. The van der Waals surface area contributed by atoms with Gasteiger partial charge in [0.1, 0.15) is 0 Å². The van der Waals surface area contributed by atoms with Gasteiger partial charge in [-0.25, -0.2) is 0 Å². The molecule has 0 saturated carbocycles. The molecule has 0 unspecified atom stereocenters. The van der Waals surface area contributed by atoms with Gasteiger partial charge in [0.05, 0.1) is 12.0 Å². The van der Waals surface area contributed by atoms with Crippen LogP contribution in [0, 0.1) is 0 Å². The fourth-order valence-corrected chi connectivity index (χ4v) is 3.91. The number of carboxylic acids is 1. The van der Waals surface area contributed by atoms with Crippen molar-refractivity contribution in [3.8, 4) is 0 Å². The summed E-state index contributed by atoms with van der Waals surface area (Å²) < 4.78 is 0. The first-order chi connectivity index (χ1) is 14.1. The topological polar surface area (TPSA) is 69.2 Å². The summed E-state index contributed by atoms with van der Waals surface area (Å²) in [6, 6.07) is -0.857. The van der Waals surface area contributed by atoms with Crippen LogP contribution < -0.4 is 40.0 Å². The van der Waals surface area contributed by atoms with Crippen LogP contribution in [0.2, 0.25) is 0 Å². The molecule has 0 radical (unpaired) electrons. The molecule has 0 aliphatic heterocycles. The number of carbonyl (C=O) groups excluding carboxylic acids is 2. The molecule has 0 saturated heterocycles. The van der Waals surface area contributed by atoms with Crippen LogP contribution in [0.3, 0.4) is 0 Å². The molecule has 4 nitrogen and oxygen atoms in total. The Morgan fingerprint density at radius 3 is 1.93 bits per heavy atom. The van der Waals surface area contributed by atoms with Crippen molar-refractivity contribution < 1.29 is 44.3 Å². The summed E-state index contributed by atoms with van der Waals surface area (Å²) in [5, 5.41) is 13.7. The molecule has 0 fully saturated rings. The molecule has 30 heavy (non-hydrogen) atoms. The summed E-state index contributed by atoms with van der Waals surface area (Å²) >= 11 is 1.67. The van der Waals surface area contributed by atoms with Crippen LogP contribution in [0.15, 0.2) is 12.2 Å². The second-order valence-corrected chi connectivity index (χ2v) is 9.15. The van der Waals surface area contributed by atoms with Crippen molar-refractivity contribution in [3.63, 3.8) is 0 Å². The number of allylic oxidation sites excluding steroid dienone is 2. The van der Waals surface area contributed by atoms with E-state index in [-0.39, 0.29) is 35.5 Å². The number of carbonyl (C=O) groups is 2. The van der Waals surface area contributed by atoms with Gasteiger partial charge in [-0.3, -0.25) is 4.79 Å². The molecule has 0 aromatic heterocycles. The van der Waals surface area contributed by atoms with Gasteiger partial charge in [0, 0.05) is 6.42 Å². The van der Waals surface area contributed by atoms with Crippen molar-refractivity contribution >= 4 is 23.6 Å². The second-order valence-electron chi connectivity index (χ2n) is 7.76. The number of hydrogen-bond donors (Lipinski definition) is 1. The Morgan fingerprint density at radius 2 is 1.40 bits per heavy atom. The van der Waals surface area contributed by atoms with E-state index in [4.69, 9.17) is 0 Å². The van der Waals surface area contributed by atoms with E-state index >= 15 is 0 Å². The summed E-state index contributed by atoms with van der Waals surface area (Å²) in [5.41, 5.74) is 0. The summed E-state index contributed by atoms with van der Waals surface area (Å²) in [6.07, 6.45) is 21.4. The Balaban J connectivity index is 0. The van der Waals surface area contributed by atoms with Crippen LogP contribution in [0.25, 0.3) is 0 Å². The molecule has 1 amide bonds. The van der Waals surface area contributed by atoms with Gasteiger partial charge >= 0.3 is 29.6 Å². The second kappa shape index (κ2) is 25.3. The number of aliphatic carboxylic acids is 1. The van der Waals surface area contributed by atoms with Gasteiger partial charge in [-0.15, -0.1) is 0 Å². The van der Waals surface area contributed by atoms with Crippen LogP contribution >= 0.6 is 11.8 Å². The first-order valence-electron chi connectivity index (χ1n) is 11.8. The van der Waals surface area contributed by atoms with E-state index in [1.165, 1.54) is 57.8 Å². The molecule has 0 rings (SSSR count). The predicted molar refractivity (Wildman–Crippen MR) is 124 cm³/mol. The molecule has 1 N–H and O–H groups in total. The van der Waals surface area contributed by atoms with Gasteiger partial charge in [-0.05, 0) is 50.0 Å². The Bertz CT molecular complexity index is 433. The van der Waals surface area contributed by atoms with Crippen molar-refractivity contribution in [2.24, 2.45) is 0 Å². The normalized spacial score (nSPS) is 11.9. The molecular formula is C24H44NNaO3S. The molecule has 0 aromatic carbocycles. The van der Waals surface area contributed by atoms with Crippen molar-refractivity contribution in [2.45, 2.75) is 116 Å². The van der Waals surface area contributed by atoms with Gasteiger partial charge in [-0.2, -0.15) is 11.8 Å². The van der Waals surface area contributed by atoms with Crippen molar-refractivity contribution in [3.05, 3.63) is 12.2 Å². The van der Waals surface area contributed by atoms with Crippen LogP contribution in [0.4, 0.5) is 0 Å². The van der Waals surface area contributed by atoms with E-state index in [1.807, 2.05) is 6.92 Å². The quantitative estimate of drug-likeness (QED) is 0.166. The molecule has 170 valence electrons. The van der Waals surface area contributed by atoms with Crippen molar-refractivity contribution in [2.75, 3.05) is 11.5 Å². The predicted octanol–water partition coefficient (Wildman–Crippen LogP) is 2.41. The fraction of sp³-hybridized carbons (Fsp3) is 0.833. The molecule has 0 aromatic rings. The monoisotopic (exact) mass is 449 g/mol. The molecule has 0 spiro atoms. The molecule has 0 aliphatic rings. The van der Waals surface area contributed by atoms with Crippen LogP contribution in [0.5, 0.6) is 0 Å². The maximum Gasteiger partial charge on any atom is 1.00 e. The minimum atomic E-state index is -1.18. The summed E-state index contributed by atoms with van der Waals surface area (Å²) in [6.45, 7) is 4.29. The molecule has 1 atom stereocenters. The molecule has 6 heteroatoms. The van der Waals surface area contributed by atoms with Gasteiger partial charge in [0.25, 0.3) is 0 Å². The third-order valence-electron chi connectivity index (χ3n) is 5.04. The van der Waals surface area contributed by atoms with Crippen molar-refractivity contribution in [1.82, 2.24) is 5.32 Å². The van der Waals surface area contributed by atoms with E-state index in [0.717, 1.165) is 37.2 Å². The van der Waals surface area contributed by atoms with Gasteiger partial charge < -0.3 is 15.2 Å². The van der Waals surface area contributed by atoms with Gasteiger partial charge in [0.2, 0.25) is 5.91 Å². The number of thioether (sulfide) groups is 1. The number of rotatable bonds is 21. The van der Waals surface area contributed by atoms with E-state index < -0.39 is 12.0 Å². The molecule has 0 heterocycles. The zero-order valence-corrected chi connectivity index (χ0v) is 22.7. The number of hydrogen-bond acceptors (Lipinski definition) is 4. The summed E-state index contributed by atoms with van der Waals surface area (Å²) in [5.74, 6) is 0.323. The van der Waals surface area contributed by atoms with Crippen LogP contribution in [0.1, 0.15) is 110 Å². The Morgan fingerprint density at radius 1 is 0.867 bits per heavy atom. The van der Waals surface area contributed by atoms with Crippen LogP contribution in [-0.2, 0) is 9.59 Å². The Hall–Kier alpha value is 0.0300. The first-order valence-corrected chi connectivity index (χ1v) is 13.0. The van der Waals surface area contributed by atoms with E-state index in [2.05, 4.69) is 24.4 Å². The molecular weight excluding hydrogens is 405 g/mol. The number of nitrogens with one attached hydrogen (secondary N) is 1. The molecule has 0 bridgehead atoms. The van der Waals surface area contributed by atoms with E-state index in [0.29, 0.717) is 12.8 Å². The fourth-order valence-electron chi connectivity index (χ4n) is 3.22. The summed E-state index contributed by atoms with van der Waals surface area (Å²) in [7, 11) is 0. The van der Waals surface area contributed by atoms with Crippen molar-refractivity contribution in [1.29, 1.82) is 0 Å². The van der Waals surface area contributed by atoms with Crippen LogP contribution in [-0.4, -0.2) is 29.4 Å². The minimum Gasteiger partial charge on any atom is -0.548 e. The van der Waals surface area contributed by atoms with Gasteiger partial charge in [-0.1, -0.05) is 77.4 Å². The molecule has 0 aliphatic carbocycles. The third kappa shape index (κ3) is 22.7. The average molecular weight is 450 g/mol. The maximum atomic E-state index is 11.9. The zero-order valence-electron chi connectivity index (χ0n) is 19.9. The van der Waals surface area contributed by atoms with E-state index in [9.17, 15) is 14.7 Å². The largest absolute Gasteiger partial charge is 1.00 e. The SMILES string of the molecule is CCCCCCCC/C=C\CCCCCCCC(=O)N[C@@H](CCSCC)C(=O)[O-].[Na+]. The Labute approximate surface area is 212 Å². The smallest absolute Gasteiger partial charge is 0.548 e. The minimum absolute atomic E-state index is 0. The number of unbranched alkanes of at least 4 members (excludes halogenated alkanes) is 11. The van der Waals surface area contributed by atoms with Gasteiger partial charge in [0.15, 0.2) is 0 Å². The maximum absolute atomic E-state index is 11.9. The zero-order chi connectivity index (χ0) is 21.6. The summed E-state index contributed by atoms with van der Waals surface area (Å²) in [4.78, 5) is 23.0.